The van der Waals surface area contributed by atoms with E-state index in [1.54, 1.807) is 0 Å². The topological polar surface area (TPSA) is 27.8 Å². The third-order valence-electron chi connectivity index (χ3n) is 2.76. The van der Waals surface area contributed by atoms with Crippen LogP contribution in [0.4, 0.5) is 0 Å². The number of rotatable bonds is 3. The van der Waals surface area contributed by atoms with Gasteiger partial charge in [-0.25, -0.2) is 0 Å². The van der Waals surface area contributed by atoms with E-state index in [1.165, 1.54) is 16.5 Å². The van der Waals surface area contributed by atoms with Gasteiger partial charge < -0.3 is 10.3 Å². The maximum atomic E-state index is 3.58. The third-order valence-corrected chi connectivity index (χ3v) is 3.44. The summed E-state index contributed by atoms with van der Waals surface area (Å²) in [7, 11) is 1.99. The zero-order valence-corrected chi connectivity index (χ0v) is 10.6. The van der Waals surface area contributed by atoms with Crippen LogP contribution in [0.15, 0.2) is 28.9 Å². The lowest BCUT2D eigenvalue weighted by Crippen LogP contribution is -2.23. The summed E-state index contributed by atoms with van der Waals surface area (Å²) in [6, 6.07) is 8.88. The van der Waals surface area contributed by atoms with Gasteiger partial charge in [0, 0.05) is 16.9 Å². The average Bonchev–Trinajstić information content (AvgIpc) is 2.55. The van der Waals surface area contributed by atoms with E-state index < -0.39 is 0 Å². The predicted molar refractivity (Wildman–Crippen MR) is 68.2 cm³/mol. The fraction of sp³-hybridized carbons (Fsp3) is 0.333. The van der Waals surface area contributed by atoms with Crippen LogP contribution in [0.1, 0.15) is 12.5 Å². The molecule has 0 radical (unpaired) electrons. The van der Waals surface area contributed by atoms with Crippen molar-refractivity contribution in [3.8, 4) is 0 Å². The minimum atomic E-state index is 0.487. The molecule has 2 N–H and O–H groups in total. The van der Waals surface area contributed by atoms with Crippen LogP contribution in [0.3, 0.4) is 0 Å². The van der Waals surface area contributed by atoms with Gasteiger partial charge in [-0.05, 0) is 48.0 Å². The largest absolute Gasteiger partial charge is 0.349 e. The molecule has 0 unspecified atom stereocenters. The van der Waals surface area contributed by atoms with E-state index in [1.807, 2.05) is 7.05 Å². The van der Waals surface area contributed by atoms with Gasteiger partial charge in [-0.3, -0.25) is 0 Å². The van der Waals surface area contributed by atoms with Crippen LogP contribution >= 0.6 is 15.9 Å². The lowest BCUT2D eigenvalue weighted by atomic mass is 10.1. The molecule has 0 aliphatic rings. The highest BCUT2D eigenvalue weighted by atomic mass is 79.9. The van der Waals surface area contributed by atoms with Crippen LogP contribution in [0, 0.1) is 0 Å². The third kappa shape index (κ3) is 2.08. The van der Waals surface area contributed by atoms with E-state index in [2.05, 4.69) is 57.4 Å². The molecule has 2 aromatic rings. The van der Waals surface area contributed by atoms with Gasteiger partial charge in [-0.1, -0.05) is 18.2 Å². The summed E-state index contributed by atoms with van der Waals surface area (Å²) in [5, 5.41) is 4.57. The van der Waals surface area contributed by atoms with E-state index in [4.69, 9.17) is 0 Å². The molecule has 0 bridgehead atoms. The summed E-state index contributed by atoms with van der Waals surface area (Å²) in [4.78, 5) is 3.35. The van der Waals surface area contributed by atoms with Crippen LogP contribution in [-0.4, -0.2) is 18.1 Å². The molecule has 0 aliphatic carbocycles. The second-order valence-corrected chi connectivity index (χ2v) is 4.65. The van der Waals surface area contributed by atoms with Crippen molar-refractivity contribution in [3.05, 3.63) is 34.4 Å². The molecule has 0 amide bonds. The molecule has 2 nitrogen and oxygen atoms in total. The molecule has 1 aromatic heterocycles. The molecule has 0 saturated heterocycles. The van der Waals surface area contributed by atoms with Gasteiger partial charge in [0.25, 0.3) is 0 Å². The molecule has 80 valence electrons. The number of hydrogen-bond acceptors (Lipinski definition) is 1. The Morgan fingerprint density at radius 1 is 1.40 bits per heavy atom. The Morgan fingerprint density at radius 3 is 2.87 bits per heavy atom. The summed E-state index contributed by atoms with van der Waals surface area (Å²) in [5.74, 6) is 0. The first kappa shape index (κ1) is 10.7. The van der Waals surface area contributed by atoms with Gasteiger partial charge in [0.05, 0.1) is 4.60 Å². The van der Waals surface area contributed by atoms with E-state index in [9.17, 15) is 0 Å². The van der Waals surface area contributed by atoms with Gasteiger partial charge in [-0.15, -0.1) is 0 Å². The summed E-state index contributed by atoms with van der Waals surface area (Å²) in [6.45, 7) is 2.19. The Morgan fingerprint density at radius 2 is 2.13 bits per heavy atom. The number of halogens is 1. The van der Waals surface area contributed by atoms with Crippen LogP contribution in [0.5, 0.6) is 0 Å². The number of fused-ring (bicyclic) bond motifs is 1. The summed E-state index contributed by atoms with van der Waals surface area (Å²) >= 11 is 3.58. The van der Waals surface area contributed by atoms with Crippen molar-refractivity contribution in [2.75, 3.05) is 7.05 Å². The van der Waals surface area contributed by atoms with Crippen molar-refractivity contribution in [1.29, 1.82) is 0 Å². The Labute approximate surface area is 98.2 Å². The average molecular weight is 267 g/mol. The smallest absolute Gasteiger partial charge is 0.0864 e. The summed E-state index contributed by atoms with van der Waals surface area (Å²) < 4.78 is 1.10. The first-order chi connectivity index (χ1) is 7.22. The SMILES string of the molecule is CN[C@@H](C)Cc1c(Br)[nH]c2ccccc12. The predicted octanol–water partition coefficient (Wildman–Crippen LogP) is 3.08. The van der Waals surface area contributed by atoms with Crippen LogP contribution < -0.4 is 5.32 Å². The maximum absolute atomic E-state index is 3.58. The lowest BCUT2D eigenvalue weighted by Gasteiger charge is -2.09. The molecular weight excluding hydrogens is 252 g/mol. The molecule has 0 aliphatic heterocycles. The van der Waals surface area contributed by atoms with Gasteiger partial charge in [0.1, 0.15) is 0 Å². The molecule has 3 heteroatoms. The number of aromatic nitrogens is 1. The second kappa shape index (κ2) is 4.37. The number of H-pyrrole nitrogens is 1. The minimum absolute atomic E-state index is 0.487. The molecule has 0 spiro atoms. The van der Waals surface area contributed by atoms with Crippen LogP contribution in [0.25, 0.3) is 10.9 Å². The Bertz CT molecular complexity index is 462. The second-order valence-electron chi connectivity index (χ2n) is 3.86. The highest BCUT2D eigenvalue weighted by molar-refractivity contribution is 9.10. The fourth-order valence-electron chi connectivity index (χ4n) is 1.77. The number of nitrogens with one attached hydrogen (secondary N) is 2. The van der Waals surface area contributed by atoms with Crippen LogP contribution in [0.2, 0.25) is 0 Å². The molecular formula is C12H15BrN2. The molecule has 0 saturated carbocycles. The van der Waals surface area contributed by atoms with Crippen molar-refractivity contribution in [1.82, 2.24) is 10.3 Å². The van der Waals surface area contributed by atoms with Gasteiger partial charge in [0.2, 0.25) is 0 Å². The highest BCUT2D eigenvalue weighted by Crippen LogP contribution is 2.27. The maximum Gasteiger partial charge on any atom is 0.0864 e. The van der Waals surface area contributed by atoms with E-state index in [0.717, 1.165) is 11.0 Å². The first-order valence-electron chi connectivity index (χ1n) is 5.14. The molecule has 1 heterocycles. The van der Waals surface area contributed by atoms with Crippen molar-refractivity contribution in [2.24, 2.45) is 0 Å². The van der Waals surface area contributed by atoms with Crippen molar-refractivity contribution >= 4 is 26.8 Å². The molecule has 1 aromatic carbocycles. The highest BCUT2D eigenvalue weighted by Gasteiger charge is 2.11. The quantitative estimate of drug-likeness (QED) is 0.878. The molecule has 1 atom stereocenters. The van der Waals surface area contributed by atoms with Crippen LogP contribution in [-0.2, 0) is 6.42 Å². The standard InChI is InChI=1S/C12H15BrN2/c1-8(14-2)7-10-9-5-3-4-6-11(9)15-12(10)13/h3-6,8,14-15H,7H2,1-2H3/t8-/m0/s1. The van der Waals surface area contributed by atoms with Crippen molar-refractivity contribution in [3.63, 3.8) is 0 Å². The molecule has 15 heavy (non-hydrogen) atoms. The minimum Gasteiger partial charge on any atom is -0.349 e. The number of para-hydroxylation sites is 1. The zero-order chi connectivity index (χ0) is 10.8. The summed E-state index contributed by atoms with van der Waals surface area (Å²) in [5.41, 5.74) is 2.55. The van der Waals surface area contributed by atoms with Crippen molar-refractivity contribution < 1.29 is 0 Å². The fourth-order valence-corrected chi connectivity index (χ4v) is 2.36. The Hall–Kier alpha value is -0.800. The van der Waals surface area contributed by atoms with E-state index >= 15 is 0 Å². The van der Waals surface area contributed by atoms with Gasteiger partial charge in [-0.2, -0.15) is 0 Å². The number of likely N-dealkylation sites (N-methyl/N-ethyl adjacent to an activating group) is 1. The Kier molecular flexibility index (Phi) is 3.12. The monoisotopic (exact) mass is 266 g/mol. The number of hydrogen-bond donors (Lipinski definition) is 2. The Balaban J connectivity index is 2.45. The van der Waals surface area contributed by atoms with Gasteiger partial charge >= 0.3 is 0 Å². The van der Waals surface area contributed by atoms with E-state index in [0.29, 0.717) is 6.04 Å². The number of aromatic amines is 1. The molecule has 0 fully saturated rings. The number of benzene rings is 1. The molecule has 2 rings (SSSR count). The van der Waals surface area contributed by atoms with Gasteiger partial charge in [0.15, 0.2) is 0 Å². The van der Waals surface area contributed by atoms with E-state index in [-0.39, 0.29) is 0 Å². The summed E-state index contributed by atoms with van der Waals surface area (Å²) in [6.07, 6.45) is 1.03. The first-order valence-corrected chi connectivity index (χ1v) is 5.94. The lowest BCUT2D eigenvalue weighted by molar-refractivity contribution is 0.609. The normalized spacial score (nSPS) is 13.3. The zero-order valence-electron chi connectivity index (χ0n) is 8.97. The van der Waals surface area contributed by atoms with Crippen molar-refractivity contribution in [2.45, 2.75) is 19.4 Å².